The third-order valence-corrected chi connectivity index (χ3v) is 7.81. The molecule has 12 heteroatoms. The van der Waals surface area contributed by atoms with Gasteiger partial charge in [0.2, 0.25) is 17.5 Å². The smallest absolute Gasteiger partial charge is 0.240 e. The highest BCUT2D eigenvalue weighted by molar-refractivity contribution is 5.88. The van der Waals surface area contributed by atoms with Crippen molar-refractivity contribution in [2.75, 3.05) is 0 Å². The summed E-state index contributed by atoms with van der Waals surface area (Å²) >= 11 is 0. The molecule has 0 saturated carbocycles. The van der Waals surface area contributed by atoms with Crippen molar-refractivity contribution in [3.8, 4) is 45.8 Å². The highest BCUT2D eigenvalue weighted by Crippen LogP contribution is 2.38. The van der Waals surface area contributed by atoms with Crippen molar-refractivity contribution in [2.45, 2.75) is 37.6 Å². The number of benzene rings is 4. The number of phenols is 5. The monoisotopic (exact) mass is 668 g/mol. The lowest BCUT2D eigenvalue weighted by Gasteiger charge is -2.42. The van der Waals surface area contributed by atoms with Crippen LogP contribution in [0.25, 0.3) is 34.4 Å². The van der Waals surface area contributed by atoms with Gasteiger partial charge < -0.3 is 54.0 Å². The molecular weight excluding hydrogens is 636 g/mol. The lowest BCUT2D eigenvalue weighted by Crippen LogP contribution is -2.59. The van der Waals surface area contributed by atoms with Crippen molar-refractivity contribution in [3.63, 3.8) is 0 Å². The lowest BCUT2D eigenvalue weighted by atomic mass is 9.99. The molecule has 0 bridgehead atoms. The van der Waals surface area contributed by atoms with Crippen molar-refractivity contribution < 1.29 is 54.0 Å². The van der Waals surface area contributed by atoms with Gasteiger partial charge in [-0.2, -0.15) is 0 Å². The minimum absolute atomic E-state index is 0.0448. The molecule has 2 heterocycles. The van der Waals surface area contributed by atoms with Gasteiger partial charge in [-0.15, -0.1) is 0 Å². The average Bonchev–Trinajstić information content (AvgIpc) is 3.07. The van der Waals surface area contributed by atoms with E-state index in [2.05, 4.69) is 0 Å². The molecule has 0 radical (unpaired) electrons. The third kappa shape index (κ3) is 7.25. The fraction of sp³-hybridized carbons (Fsp3) is 0.162. The van der Waals surface area contributed by atoms with Crippen molar-refractivity contribution in [3.05, 3.63) is 119 Å². The molecule has 252 valence electrons. The average molecular weight is 669 g/mol. The van der Waals surface area contributed by atoms with E-state index in [-0.39, 0.29) is 39.7 Å². The Labute approximate surface area is 279 Å². The van der Waals surface area contributed by atoms with Crippen LogP contribution in [-0.4, -0.2) is 61.3 Å². The van der Waals surface area contributed by atoms with Crippen LogP contribution in [0, 0.1) is 0 Å². The number of aliphatic hydroxyl groups excluding tert-OH is 1. The standard InChI is InChI=1S/C37H32O12/c1-20-33(45-16-14-21-2-8-24(38)9-3-21)32(44)36(46-17-15-22-4-10-25(39)11-5-22)37(47-20)49-35-31(43)30-28(42)18-27(41)19-29(30)48-34(35)23-6-12-26(40)13-7-23/h2-20,32-33,36-42,44H,1H3. The summed E-state index contributed by atoms with van der Waals surface area (Å²) in [5.41, 5.74) is 0.770. The predicted octanol–water partition coefficient (Wildman–Crippen LogP) is 5.58. The molecule has 49 heavy (non-hydrogen) atoms. The van der Waals surface area contributed by atoms with Crippen LogP contribution in [0.5, 0.6) is 34.5 Å². The van der Waals surface area contributed by atoms with E-state index in [0.29, 0.717) is 11.1 Å². The Morgan fingerprint density at radius 1 is 0.694 bits per heavy atom. The first kappa shape index (κ1) is 32.8. The van der Waals surface area contributed by atoms with E-state index in [1.807, 2.05) is 0 Å². The molecule has 6 rings (SSSR count). The molecule has 5 aromatic rings. The first-order valence-corrected chi connectivity index (χ1v) is 15.1. The second kappa shape index (κ2) is 13.9. The van der Waals surface area contributed by atoms with Gasteiger partial charge in [-0.25, -0.2) is 0 Å². The van der Waals surface area contributed by atoms with E-state index >= 15 is 0 Å². The number of ether oxygens (including phenoxy) is 4. The highest BCUT2D eigenvalue weighted by atomic mass is 16.7. The molecule has 1 fully saturated rings. The van der Waals surface area contributed by atoms with E-state index in [1.165, 1.54) is 67.1 Å². The van der Waals surface area contributed by atoms with Gasteiger partial charge in [0.25, 0.3) is 0 Å². The number of aliphatic hydroxyl groups is 1. The summed E-state index contributed by atoms with van der Waals surface area (Å²) in [6, 6.07) is 20.5. The summed E-state index contributed by atoms with van der Waals surface area (Å²) < 4.78 is 30.2. The van der Waals surface area contributed by atoms with Crippen LogP contribution in [0.3, 0.4) is 0 Å². The fourth-order valence-electron chi connectivity index (χ4n) is 5.30. The maximum Gasteiger partial charge on any atom is 0.240 e. The second-order valence-electron chi connectivity index (χ2n) is 11.3. The van der Waals surface area contributed by atoms with Crippen molar-refractivity contribution in [1.82, 2.24) is 0 Å². The largest absolute Gasteiger partial charge is 0.508 e. The van der Waals surface area contributed by atoms with Crippen LogP contribution in [0.2, 0.25) is 0 Å². The number of rotatable bonds is 9. The molecule has 0 aliphatic carbocycles. The van der Waals surface area contributed by atoms with E-state index in [0.717, 1.165) is 11.6 Å². The molecular formula is C37H32O12. The molecule has 6 N–H and O–H groups in total. The quantitative estimate of drug-likeness (QED) is 0.107. The van der Waals surface area contributed by atoms with Crippen LogP contribution >= 0.6 is 0 Å². The summed E-state index contributed by atoms with van der Waals surface area (Å²) in [5.74, 6) is -1.26. The van der Waals surface area contributed by atoms with Crippen molar-refractivity contribution in [1.29, 1.82) is 0 Å². The zero-order valence-electron chi connectivity index (χ0n) is 25.9. The highest BCUT2D eigenvalue weighted by Gasteiger charge is 2.48. The number of aromatic hydroxyl groups is 5. The number of hydrogen-bond acceptors (Lipinski definition) is 12. The topological polar surface area (TPSA) is 189 Å². The SMILES string of the molecule is CC1OC(Oc2c(-c3ccc(O)cc3)oc3cc(O)cc(O)c3c2=O)C(OC=Cc2ccc(O)cc2)C(O)C1OC=Cc1ccc(O)cc1. The Kier molecular flexibility index (Phi) is 9.33. The minimum Gasteiger partial charge on any atom is -0.508 e. The maximum absolute atomic E-state index is 13.9. The van der Waals surface area contributed by atoms with E-state index in [4.69, 9.17) is 23.4 Å². The van der Waals surface area contributed by atoms with Gasteiger partial charge in [-0.1, -0.05) is 24.3 Å². The number of hydrogen-bond donors (Lipinski definition) is 6. The van der Waals surface area contributed by atoms with Crippen LogP contribution in [0.1, 0.15) is 18.1 Å². The molecule has 0 amide bonds. The molecule has 12 nitrogen and oxygen atoms in total. The Hall–Kier alpha value is -6.11. The van der Waals surface area contributed by atoms with Gasteiger partial charge in [0, 0.05) is 17.7 Å². The Morgan fingerprint density at radius 2 is 1.22 bits per heavy atom. The zero-order chi connectivity index (χ0) is 34.7. The maximum atomic E-state index is 13.9. The first-order valence-electron chi connectivity index (χ1n) is 15.1. The molecule has 5 atom stereocenters. The van der Waals surface area contributed by atoms with Crippen LogP contribution < -0.4 is 10.2 Å². The molecule has 1 aliphatic heterocycles. The van der Waals surface area contributed by atoms with E-state index in [1.54, 1.807) is 43.3 Å². The molecule has 1 aliphatic rings. The van der Waals surface area contributed by atoms with Crippen LogP contribution in [0.4, 0.5) is 0 Å². The fourth-order valence-corrected chi connectivity index (χ4v) is 5.30. The molecule has 5 unspecified atom stereocenters. The van der Waals surface area contributed by atoms with E-state index < -0.39 is 47.6 Å². The number of fused-ring (bicyclic) bond motifs is 1. The van der Waals surface area contributed by atoms with Crippen molar-refractivity contribution >= 4 is 23.1 Å². The predicted molar refractivity (Wildman–Crippen MR) is 178 cm³/mol. The summed E-state index contributed by atoms with van der Waals surface area (Å²) in [6.07, 6.45) is -0.0232. The normalized spacial score (nSPS) is 20.9. The third-order valence-electron chi connectivity index (χ3n) is 7.81. The summed E-state index contributed by atoms with van der Waals surface area (Å²) in [4.78, 5) is 13.9. The minimum atomic E-state index is -1.44. The van der Waals surface area contributed by atoms with Crippen molar-refractivity contribution in [2.24, 2.45) is 0 Å². The van der Waals surface area contributed by atoms with Crippen LogP contribution in [0.15, 0.2) is 107 Å². The summed E-state index contributed by atoms with van der Waals surface area (Å²) in [6.45, 7) is 1.64. The van der Waals surface area contributed by atoms with E-state index in [9.17, 15) is 35.4 Å². The Morgan fingerprint density at radius 3 is 1.80 bits per heavy atom. The van der Waals surface area contributed by atoms with Gasteiger partial charge in [-0.05, 0) is 78.7 Å². The summed E-state index contributed by atoms with van der Waals surface area (Å²) in [5, 5.41) is 61.0. The molecule has 1 aromatic heterocycles. The lowest BCUT2D eigenvalue weighted by molar-refractivity contribution is -0.269. The van der Waals surface area contributed by atoms with Gasteiger partial charge in [0.05, 0.1) is 18.6 Å². The Balaban J connectivity index is 1.36. The molecule has 1 saturated heterocycles. The molecule has 4 aromatic carbocycles. The zero-order valence-corrected chi connectivity index (χ0v) is 25.9. The summed E-state index contributed by atoms with van der Waals surface area (Å²) in [7, 11) is 0. The number of phenolic OH excluding ortho intramolecular Hbond substituents is 5. The van der Waals surface area contributed by atoms with Crippen LogP contribution in [-0.2, 0) is 14.2 Å². The Bertz CT molecular complexity index is 2030. The second-order valence-corrected chi connectivity index (χ2v) is 11.3. The van der Waals surface area contributed by atoms with Gasteiger partial charge in [0.1, 0.15) is 45.8 Å². The van der Waals surface area contributed by atoms with Gasteiger partial charge in [-0.3, -0.25) is 4.79 Å². The van der Waals surface area contributed by atoms with Gasteiger partial charge in [0.15, 0.2) is 18.0 Å². The molecule has 0 spiro atoms. The van der Waals surface area contributed by atoms with Gasteiger partial charge >= 0.3 is 0 Å². The first-order chi connectivity index (χ1) is 23.6.